The fraction of sp³-hybridized carbons (Fsp3) is 1.00. The summed E-state index contributed by atoms with van der Waals surface area (Å²) in [6.45, 7) is 6.04. The highest BCUT2D eigenvalue weighted by atomic mass is 16.5. The lowest BCUT2D eigenvalue weighted by molar-refractivity contribution is 0.151. The molecule has 0 radical (unpaired) electrons. The van der Waals surface area contributed by atoms with Crippen molar-refractivity contribution in [3.8, 4) is 0 Å². The van der Waals surface area contributed by atoms with Crippen LogP contribution in [-0.2, 0) is 4.74 Å². The average Bonchev–Trinajstić information content (AvgIpc) is 2.98. The molecule has 0 amide bonds. The third kappa shape index (κ3) is 2.51. The molecule has 0 aromatic carbocycles. The van der Waals surface area contributed by atoms with E-state index in [-0.39, 0.29) is 0 Å². The molecule has 1 N–H and O–H groups in total. The van der Waals surface area contributed by atoms with Crippen LogP contribution < -0.4 is 5.32 Å². The largest absolute Gasteiger partial charge is 0.384 e. The van der Waals surface area contributed by atoms with E-state index in [1.165, 1.54) is 51.9 Å². The topological polar surface area (TPSA) is 24.5 Å². The molecule has 98 valence electrons. The van der Waals surface area contributed by atoms with Crippen LogP contribution in [-0.4, -0.2) is 50.8 Å². The van der Waals surface area contributed by atoms with Crippen LogP contribution in [0.1, 0.15) is 25.7 Å². The molecule has 3 fully saturated rings. The average molecular weight is 238 g/mol. The Morgan fingerprint density at radius 2 is 2.24 bits per heavy atom. The van der Waals surface area contributed by atoms with Crippen molar-refractivity contribution in [3.05, 3.63) is 0 Å². The van der Waals surface area contributed by atoms with Crippen LogP contribution in [0.5, 0.6) is 0 Å². The predicted octanol–water partition coefficient (Wildman–Crippen LogP) is 1.34. The Labute approximate surface area is 105 Å². The monoisotopic (exact) mass is 238 g/mol. The lowest BCUT2D eigenvalue weighted by Crippen LogP contribution is -2.39. The van der Waals surface area contributed by atoms with Gasteiger partial charge in [0.25, 0.3) is 0 Å². The van der Waals surface area contributed by atoms with Crippen molar-refractivity contribution in [3.63, 3.8) is 0 Å². The van der Waals surface area contributed by atoms with E-state index in [9.17, 15) is 0 Å². The third-order valence-corrected chi connectivity index (χ3v) is 5.10. The number of nitrogens with zero attached hydrogens (tertiary/aromatic N) is 1. The normalized spacial score (nSPS) is 42.2. The van der Waals surface area contributed by atoms with E-state index in [1.54, 1.807) is 0 Å². The number of hydrogen-bond donors (Lipinski definition) is 1. The number of rotatable bonds is 4. The standard InChI is InChI=1S/C14H26N2O/c1-17-10-11-5-6-16(8-11)9-14-13-4-2-3-12(13)7-15-14/h11-15H,2-10H2,1H3. The molecule has 4 unspecified atom stereocenters. The SMILES string of the molecule is COCC1CCN(CC2NCC3CCCC32)C1. The van der Waals surface area contributed by atoms with Crippen molar-refractivity contribution in [2.75, 3.05) is 39.9 Å². The second-order valence-electron chi connectivity index (χ2n) is 6.24. The van der Waals surface area contributed by atoms with E-state index < -0.39 is 0 Å². The molecule has 3 nitrogen and oxygen atoms in total. The first-order valence-electron chi connectivity index (χ1n) is 7.31. The predicted molar refractivity (Wildman–Crippen MR) is 69.0 cm³/mol. The Hall–Kier alpha value is -0.120. The maximum absolute atomic E-state index is 5.27. The number of ether oxygens (including phenoxy) is 1. The summed E-state index contributed by atoms with van der Waals surface area (Å²) in [5, 5.41) is 3.76. The van der Waals surface area contributed by atoms with Gasteiger partial charge < -0.3 is 15.0 Å². The minimum absolute atomic E-state index is 0.778. The molecular weight excluding hydrogens is 212 g/mol. The molecule has 0 spiro atoms. The molecule has 0 bridgehead atoms. The van der Waals surface area contributed by atoms with Crippen LogP contribution in [0.15, 0.2) is 0 Å². The molecule has 1 saturated carbocycles. The summed E-state index contributed by atoms with van der Waals surface area (Å²) in [5.41, 5.74) is 0. The lowest BCUT2D eigenvalue weighted by Gasteiger charge is -2.24. The van der Waals surface area contributed by atoms with Gasteiger partial charge in [-0.1, -0.05) is 6.42 Å². The lowest BCUT2D eigenvalue weighted by atomic mass is 9.94. The van der Waals surface area contributed by atoms with Gasteiger partial charge in [-0.15, -0.1) is 0 Å². The highest BCUT2D eigenvalue weighted by molar-refractivity contribution is 4.96. The van der Waals surface area contributed by atoms with Crippen molar-refractivity contribution in [1.29, 1.82) is 0 Å². The Balaban J connectivity index is 1.48. The molecule has 0 aromatic heterocycles. The maximum Gasteiger partial charge on any atom is 0.0503 e. The number of likely N-dealkylation sites (tertiary alicyclic amines) is 1. The number of methoxy groups -OCH3 is 1. The second kappa shape index (κ2) is 5.25. The minimum atomic E-state index is 0.778. The van der Waals surface area contributed by atoms with Gasteiger partial charge in [0.15, 0.2) is 0 Å². The van der Waals surface area contributed by atoms with Gasteiger partial charge in [-0.2, -0.15) is 0 Å². The molecule has 3 heteroatoms. The summed E-state index contributed by atoms with van der Waals surface area (Å²) in [6.07, 6.45) is 5.74. The molecule has 2 saturated heterocycles. The van der Waals surface area contributed by atoms with Crippen LogP contribution in [0.3, 0.4) is 0 Å². The van der Waals surface area contributed by atoms with Gasteiger partial charge in [0.05, 0.1) is 6.61 Å². The second-order valence-corrected chi connectivity index (χ2v) is 6.24. The van der Waals surface area contributed by atoms with Crippen LogP contribution in [0.2, 0.25) is 0 Å². The van der Waals surface area contributed by atoms with Crippen molar-refractivity contribution in [2.24, 2.45) is 17.8 Å². The summed E-state index contributed by atoms with van der Waals surface area (Å²) in [7, 11) is 1.82. The van der Waals surface area contributed by atoms with Gasteiger partial charge in [-0.05, 0) is 50.1 Å². The zero-order valence-electron chi connectivity index (χ0n) is 11.0. The van der Waals surface area contributed by atoms with E-state index in [0.717, 1.165) is 30.4 Å². The van der Waals surface area contributed by atoms with Crippen molar-refractivity contribution in [2.45, 2.75) is 31.7 Å². The Kier molecular flexibility index (Phi) is 3.69. The number of nitrogens with one attached hydrogen (secondary N) is 1. The Morgan fingerprint density at radius 3 is 3.12 bits per heavy atom. The van der Waals surface area contributed by atoms with E-state index in [2.05, 4.69) is 10.2 Å². The van der Waals surface area contributed by atoms with E-state index in [0.29, 0.717) is 0 Å². The molecule has 2 aliphatic heterocycles. The highest BCUT2D eigenvalue weighted by Crippen LogP contribution is 2.38. The Morgan fingerprint density at radius 1 is 1.29 bits per heavy atom. The molecule has 0 aromatic rings. The van der Waals surface area contributed by atoms with Gasteiger partial charge in [-0.25, -0.2) is 0 Å². The van der Waals surface area contributed by atoms with E-state index in [4.69, 9.17) is 4.74 Å². The van der Waals surface area contributed by atoms with Gasteiger partial charge in [0.1, 0.15) is 0 Å². The fourth-order valence-corrected chi connectivity index (χ4v) is 4.23. The van der Waals surface area contributed by atoms with Crippen molar-refractivity contribution < 1.29 is 4.74 Å². The smallest absolute Gasteiger partial charge is 0.0503 e. The quantitative estimate of drug-likeness (QED) is 0.800. The molecule has 3 aliphatic rings. The first-order valence-corrected chi connectivity index (χ1v) is 7.31. The van der Waals surface area contributed by atoms with Gasteiger partial charge in [0, 0.05) is 26.2 Å². The Bertz CT molecular complexity index is 259. The summed E-state index contributed by atoms with van der Waals surface area (Å²) in [5.74, 6) is 2.76. The number of hydrogen-bond acceptors (Lipinski definition) is 3. The maximum atomic E-state index is 5.27. The van der Waals surface area contributed by atoms with Crippen LogP contribution >= 0.6 is 0 Å². The third-order valence-electron chi connectivity index (χ3n) is 5.10. The van der Waals surface area contributed by atoms with Crippen molar-refractivity contribution >= 4 is 0 Å². The summed E-state index contributed by atoms with van der Waals surface area (Å²) >= 11 is 0. The zero-order valence-corrected chi connectivity index (χ0v) is 11.0. The van der Waals surface area contributed by atoms with Crippen LogP contribution in [0.25, 0.3) is 0 Å². The van der Waals surface area contributed by atoms with Crippen molar-refractivity contribution in [1.82, 2.24) is 10.2 Å². The summed E-state index contributed by atoms with van der Waals surface area (Å²) < 4.78 is 5.27. The van der Waals surface area contributed by atoms with Crippen LogP contribution in [0, 0.1) is 17.8 Å². The first kappa shape index (κ1) is 11.9. The van der Waals surface area contributed by atoms with E-state index >= 15 is 0 Å². The van der Waals surface area contributed by atoms with Gasteiger partial charge in [-0.3, -0.25) is 0 Å². The van der Waals surface area contributed by atoms with Gasteiger partial charge >= 0.3 is 0 Å². The van der Waals surface area contributed by atoms with Gasteiger partial charge in [0.2, 0.25) is 0 Å². The first-order chi connectivity index (χ1) is 8.36. The summed E-state index contributed by atoms with van der Waals surface area (Å²) in [6, 6.07) is 0.781. The molecule has 2 heterocycles. The number of fused-ring (bicyclic) bond motifs is 1. The molecule has 1 aliphatic carbocycles. The zero-order chi connectivity index (χ0) is 11.7. The highest BCUT2D eigenvalue weighted by Gasteiger charge is 2.39. The fourth-order valence-electron chi connectivity index (χ4n) is 4.23. The molecule has 3 rings (SSSR count). The summed E-state index contributed by atoms with van der Waals surface area (Å²) in [4.78, 5) is 2.65. The minimum Gasteiger partial charge on any atom is -0.384 e. The van der Waals surface area contributed by atoms with E-state index in [1.807, 2.05) is 7.11 Å². The van der Waals surface area contributed by atoms with Crippen LogP contribution in [0.4, 0.5) is 0 Å². The molecule has 4 atom stereocenters. The molecule has 17 heavy (non-hydrogen) atoms. The molecular formula is C14H26N2O.